The number of halogens is 1. The number of carbonyl (C=O) groups is 1. The van der Waals surface area contributed by atoms with Crippen molar-refractivity contribution in [3.8, 4) is 0 Å². The minimum Gasteiger partial charge on any atom is -0.322 e. The third-order valence-electron chi connectivity index (χ3n) is 4.18. The van der Waals surface area contributed by atoms with Crippen LogP contribution < -0.4 is 5.32 Å². The normalized spacial score (nSPS) is 19.2. The molecule has 1 N–H and O–H groups in total. The molecule has 0 bridgehead atoms. The van der Waals surface area contributed by atoms with E-state index in [2.05, 4.69) is 21.2 Å². The molecule has 1 aliphatic rings. The summed E-state index contributed by atoms with van der Waals surface area (Å²) in [5, 5.41) is 1.80. The zero-order valence-electron chi connectivity index (χ0n) is 13.6. The predicted molar refractivity (Wildman–Crippen MR) is 103 cm³/mol. The van der Waals surface area contributed by atoms with Crippen molar-refractivity contribution in [3.05, 3.63) is 58.6 Å². The van der Waals surface area contributed by atoms with Crippen LogP contribution >= 0.6 is 15.9 Å². The minimum absolute atomic E-state index is 0.0276. The van der Waals surface area contributed by atoms with E-state index in [4.69, 9.17) is 0 Å². The maximum absolute atomic E-state index is 12.6. The first-order chi connectivity index (χ1) is 12.2. The number of hydrogen-bond donors (Lipinski definition) is 1. The van der Waals surface area contributed by atoms with Gasteiger partial charge in [-0.3, -0.25) is 4.79 Å². The molecule has 138 valence electrons. The number of carbonyl (C=O) groups excluding carboxylic acids is 1. The lowest BCUT2D eigenvalue weighted by atomic mass is 10.2. The zero-order chi connectivity index (χ0) is 18.9. The Morgan fingerprint density at radius 1 is 1.04 bits per heavy atom. The Hall–Kier alpha value is -1.71. The largest absolute Gasteiger partial charge is 0.322 e. The van der Waals surface area contributed by atoms with Crippen LogP contribution in [0.2, 0.25) is 0 Å². The van der Waals surface area contributed by atoms with Gasteiger partial charge in [-0.05, 0) is 55.0 Å². The first kappa shape index (κ1) is 19.1. The number of benzene rings is 2. The van der Waals surface area contributed by atoms with E-state index >= 15 is 0 Å². The summed E-state index contributed by atoms with van der Waals surface area (Å²) < 4.78 is 49.1. The standard InChI is InChI=1S/C17H16BrNO5S2/c18-13-3-5-14(6-4-13)19-17(20)12-1-7-15(8-2-12)26(23,24)16-9-10-25(21,22)11-16/h1-8,16H,9-11H2,(H,19,20). The molecule has 2 aromatic rings. The van der Waals surface area contributed by atoms with Crippen LogP contribution in [0.4, 0.5) is 5.69 Å². The van der Waals surface area contributed by atoms with Gasteiger partial charge in [-0.2, -0.15) is 0 Å². The molecule has 6 nitrogen and oxygen atoms in total. The topological polar surface area (TPSA) is 97.4 Å². The molecule has 1 heterocycles. The van der Waals surface area contributed by atoms with Gasteiger partial charge in [0.25, 0.3) is 5.91 Å². The second kappa shape index (κ2) is 7.13. The third kappa shape index (κ3) is 4.16. The van der Waals surface area contributed by atoms with E-state index in [9.17, 15) is 21.6 Å². The fourth-order valence-corrected chi connectivity index (χ4v) is 7.35. The molecule has 1 unspecified atom stereocenters. The quantitative estimate of drug-likeness (QED) is 0.760. The molecule has 0 radical (unpaired) electrons. The van der Waals surface area contributed by atoms with Crippen molar-refractivity contribution in [2.45, 2.75) is 16.6 Å². The maximum atomic E-state index is 12.6. The number of hydrogen-bond acceptors (Lipinski definition) is 5. The summed E-state index contributed by atoms with van der Waals surface area (Å²) in [6.45, 7) is 0. The van der Waals surface area contributed by atoms with Crippen LogP contribution in [0.5, 0.6) is 0 Å². The highest BCUT2D eigenvalue weighted by Gasteiger charge is 2.37. The second-order valence-electron chi connectivity index (χ2n) is 6.06. The Labute approximate surface area is 160 Å². The molecule has 1 saturated heterocycles. The van der Waals surface area contributed by atoms with Gasteiger partial charge in [0.2, 0.25) is 0 Å². The summed E-state index contributed by atoms with van der Waals surface area (Å²) in [6.07, 6.45) is 0.108. The molecule has 1 amide bonds. The van der Waals surface area contributed by atoms with Crippen molar-refractivity contribution in [3.63, 3.8) is 0 Å². The average Bonchev–Trinajstić information content (AvgIpc) is 2.98. The van der Waals surface area contributed by atoms with Gasteiger partial charge >= 0.3 is 0 Å². The predicted octanol–water partition coefficient (Wildman–Crippen LogP) is 2.66. The van der Waals surface area contributed by atoms with Gasteiger partial charge in [0.1, 0.15) is 0 Å². The molecular weight excluding hydrogens is 442 g/mol. The number of rotatable bonds is 4. The lowest BCUT2D eigenvalue weighted by molar-refractivity contribution is 0.102. The van der Waals surface area contributed by atoms with Gasteiger partial charge < -0.3 is 5.32 Å². The monoisotopic (exact) mass is 457 g/mol. The molecular formula is C17H16BrNO5S2. The Balaban J connectivity index is 1.75. The Morgan fingerprint density at radius 3 is 2.19 bits per heavy atom. The van der Waals surface area contributed by atoms with Gasteiger partial charge in [0.05, 0.1) is 21.7 Å². The van der Waals surface area contributed by atoms with Gasteiger partial charge in [-0.1, -0.05) is 15.9 Å². The fraction of sp³-hybridized carbons (Fsp3) is 0.235. The number of sulfone groups is 2. The summed E-state index contributed by atoms with van der Waals surface area (Å²) in [4.78, 5) is 12.3. The molecule has 0 aromatic heterocycles. The van der Waals surface area contributed by atoms with Gasteiger partial charge in [0.15, 0.2) is 19.7 Å². The van der Waals surface area contributed by atoms with Crippen molar-refractivity contribution in [1.82, 2.24) is 0 Å². The Morgan fingerprint density at radius 2 is 1.65 bits per heavy atom. The van der Waals surface area contributed by atoms with Gasteiger partial charge in [0, 0.05) is 15.7 Å². The van der Waals surface area contributed by atoms with Gasteiger partial charge in [-0.25, -0.2) is 16.8 Å². The highest BCUT2D eigenvalue weighted by atomic mass is 79.9. The van der Waals surface area contributed by atoms with Crippen molar-refractivity contribution in [1.29, 1.82) is 0 Å². The Bertz CT molecular complexity index is 1030. The number of anilines is 1. The maximum Gasteiger partial charge on any atom is 0.255 e. The summed E-state index contributed by atoms with van der Waals surface area (Å²) in [5.41, 5.74) is 0.928. The summed E-state index contributed by atoms with van der Waals surface area (Å²) in [7, 11) is -7.02. The summed E-state index contributed by atoms with van der Waals surface area (Å²) in [5.74, 6) is -0.814. The lowest BCUT2D eigenvalue weighted by Gasteiger charge is -2.11. The molecule has 1 atom stereocenters. The average molecular weight is 458 g/mol. The van der Waals surface area contributed by atoms with Crippen LogP contribution in [0, 0.1) is 0 Å². The number of nitrogens with one attached hydrogen (secondary N) is 1. The first-order valence-corrected chi connectivity index (χ1v) is 11.9. The Kier molecular flexibility index (Phi) is 5.23. The molecule has 0 saturated carbocycles. The highest BCUT2D eigenvalue weighted by Crippen LogP contribution is 2.25. The molecule has 1 aliphatic heterocycles. The fourth-order valence-electron chi connectivity index (χ4n) is 2.73. The van der Waals surface area contributed by atoms with Gasteiger partial charge in [-0.15, -0.1) is 0 Å². The van der Waals surface area contributed by atoms with E-state index in [0.29, 0.717) is 11.3 Å². The molecule has 0 spiro atoms. The molecule has 26 heavy (non-hydrogen) atoms. The van der Waals surface area contributed by atoms with Crippen LogP contribution in [0.1, 0.15) is 16.8 Å². The zero-order valence-corrected chi connectivity index (χ0v) is 16.8. The lowest BCUT2D eigenvalue weighted by Crippen LogP contribution is -2.22. The van der Waals surface area contributed by atoms with E-state index in [1.807, 2.05) is 0 Å². The smallest absolute Gasteiger partial charge is 0.255 e. The van der Waals surface area contributed by atoms with Crippen LogP contribution in [-0.2, 0) is 19.7 Å². The van der Waals surface area contributed by atoms with E-state index in [1.165, 1.54) is 24.3 Å². The van der Waals surface area contributed by atoms with Crippen LogP contribution in [0.3, 0.4) is 0 Å². The molecule has 9 heteroatoms. The van der Waals surface area contributed by atoms with Crippen molar-refractivity contribution in [2.24, 2.45) is 0 Å². The van der Waals surface area contributed by atoms with Crippen LogP contribution in [-0.4, -0.2) is 39.5 Å². The van der Waals surface area contributed by atoms with E-state index in [-0.39, 0.29) is 28.7 Å². The van der Waals surface area contributed by atoms with Crippen LogP contribution in [0.15, 0.2) is 57.9 Å². The SMILES string of the molecule is O=C(Nc1ccc(Br)cc1)c1ccc(S(=O)(=O)C2CCS(=O)(=O)C2)cc1. The molecule has 1 fully saturated rings. The highest BCUT2D eigenvalue weighted by molar-refractivity contribution is 9.10. The number of amides is 1. The molecule has 0 aliphatic carbocycles. The van der Waals surface area contributed by atoms with E-state index in [1.54, 1.807) is 24.3 Å². The molecule has 2 aromatic carbocycles. The minimum atomic E-state index is -3.73. The van der Waals surface area contributed by atoms with E-state index in [0.717, 1.165) is 4.47 Å². The van der Waals surface area contributed by atoms with E-state index < -0.39 is 24.9 Å². The second-order valence-corrected chi connectivity index (χ2v) is 11.4. The van der Waals surface area contributed by atoms with Crippen molar-refractivity contribution < 1.29 is 21.6 Å². The molecule has 3 rings (SSSR count). The van der Waals surface area contributed by atoms with Crippen molar-refractivity contribution in [2.75, 3.05) is 16.8 Å². The van der Waals surface area contributed by atoms with Crippen LogP contribution in [0.25, 0.3) is 0 Å². The summed E-state index contributed by atoms with van der Waals surface area (Å²) >= 11 is 3.31. The summed E-state index contributed by atoms with van der Waals surface area (Å²) in [6, 6.07) is 12.6. The first-order valence-electron chi connectivity index (χ1n) is 7.79. The van der Waals surface area contributed by atoms with Crippen molar-refractivity contribution >= 4 is 47.2 Å². The third-order valence-corrected chi connectivity index (χ3v) is 8.89.